The van der Waals surface area contributed by atoms with Crippen LogP contribution in [0, 0.1) is 0 Å². The van der Waals surface area contributed by atoms with E-state index in [1.807, 2.05) is 0 Å². The zero-order valence-electron chi connectivity index (χ0n) is 5.02. The number of nitrogens with one attached hydrogen (secondary N) is 1. The first kappa shape index (κ1) is 6.23. The first-order valence-corrected chi connectivity index (χ1v) is 4.25. The largest absolute Gasteiger partial charge is 0.243 e. The first-order valence-electron chi connectivity index (χ1n) is 2.93. The molecule has 0 saturated carbocycles. The monoisotopic (exact) mass is 133 g/mol. The van der Waals surface area contributed by atoms with Crippen molar-refractivity contribution in [2.45, 2.75) is 25.8 Å². The third-order valence-corrected chi connectivity index (χ3v) is 2.62. The van der Waals surface area contributed by atoms with Crippen molar-refractivity contribution in [2.24, 2.45) is 0 Å². The van der Waals surface area contributed by atoms with Crippen LogP contribution in [0.25, 0.3) is 0 Å². The van der Waals surface area contributed by atoms with Crippen LogP contribution in [-0.2, 0) is 11.0 Å². The third-order valence-electron chi connectivity index (χ3n) is 1.30. The van der Waals surface area contributed by atoms with E-state index in [2.05, 4.69) is 11.6 Å². The summed E-state index contributed by atoms with van der Waals surface area (Å²) in [5.74, 6) is 0.838. The summed E-state index contributed by atoms with van der Waals surface area (Å²) in [7, 11) is -0.720. The molecule has 1 aliphatic rings. The van der Waals surface area contributed by atoms with Crippen molar-refractivity contribution in [1.29, 1.82) is 0 Å². The van der Waals surface area contributed by atoms with Gasteiger partial charge in [0, 0.05) is 11.8 Å². The molecular formula is C5H11NOS. The summed E-state index contributed by atoms with van der Waals surface area (Å²) < 4.78 is 13.6. The van der Waals surface area contributed by atoms with Crippen molar-refractivity contribution in [3.05, 3.63) is 0 Å². The van der Waals surface area contributed by atoms with Crippen LogP contribution in [0.5, 0.6) is 0 Å². The van der Waals surface area contributed by atoms with Crippen LogP contribution in [0.3, 0.4) is 0 Å². The maximum atomic E-state index is 10.7. The van der Waals surface area contributed by atoms with E-state index in [9.17, 15) is 4.21 Å². The summed E-state index contributed by atoms with van der Waals surface area (Å²) >= 11 is 0. The molecule has 3 heteroatoms. The van der Waals surface area contributed by atoms with Crippen molar-refractivity contribution < 1.29 is 4.21 Å². The van der Waals surface area contributed by atoms with Gasteiger partial charge in [0.1, 0.15) is 0 Å². The summed E-state index contributed by atoms with van der Waals surface area (Å²) in [6.07, 6.45) is 2.28. The quantitative estimate of drug-likeness (QED) is 0.510. The molecule has 0 spiro atoms. The minimum absolute atomic E-state index is 0.463. The van der Waals surface area contributed by atoms with Gasteiger partial charge in [-0.2, -0.15) is 0 Å². The number of rotatable bonds is 0. The molecule has 0 aliphatic carbocycles. The molecule has 2 atom stereocenters. The average molecular weight is 133 g/mol. The summed E-state index contributed by atoms with van der Waals surface area (Å²) in [6, 6.07) is 0.463. The van der Waals surface area contributed by atoms with Crippen LogP contribution in [0.2, 0.25) is 0 Å². The normalized spacial score (nSPS) is 39.6. The molecular weight excluding hydrogens is 122 g/mol. The second kappa shape index (κ2) is 2.60. The fourth-order valence-corrected chi connectivity index (χ4v) is 1.98. The van der Waals surface area contributed by atoms with Gasteiger partial charge in [-0.25, -0.2) is 8.93 Å². The Hall–Kier alpha value is 0.110. The maximum absolute atomic E-state index is 10.7. The fourth-order valence-electron chi connectivity index (χ4n) is 0.863. The molecule has 0 aromatic heterocycles. The SMILES string of the molecule is CC1CCCS(=O)N1. The molecule has 48 valence electrons. The van der Waals surface area contributed by atoms with Gasteiger partial charge < -0.3 is 0 Å². The van der Waals surface area contributed by atoms with Crippen molar-refractivity contribution in [2.75, 3.05) is 5.75 Å². The van der Waals surface area contributed by atoms with Crippen molar-refractivity contribution in [3.63, 3.8) is 0 Å². The first-order chi connectivity index (χ1) is 3.79. The van der Waals surface area contributed by atoms with Crippen molar-refractivity contribution >= 4 is 11.0 Å². The van der Waals surface area contributed by atoms with E-state index in [1.165, 1.54) is 6.42 Å². The minimum atomic E-state index is -0.720. The zero-order chi connectivity index (χ0) is 5.98. The van der Waals surface area contributed by atoms with E-state index in [4.69, 9.17) is 0 Å². The van der Waals surface area contributed by atoms with E-state index < -0.39 is 11.0 Å². The maximum Gasteiger partial charge on any atom is 0.0917 e. The lowest BCUT2D eigenvalue weighted by atomic mass is 10.2. The molecule has 0 radical (unpaired) electrons. The Bertz CT molecular complexity index is 105. The summed E-state index contributed by atoms with van der Waals surface area (Å²) in [6.45, 7) is 2.07. The van der Waals surface area contributed by atoms with E-state index in [0.29, 0.717) is 6.04 Å². The van der Waals surface area contributed by atoms with Crippen LogP contribution in [0.1, 0.15) is 19.8 Å². The predicted octanol–water partition coefficient (Wildman–Crippen LogP) is 0.422. The zero-order valence-corrected chi connectivity index (χ0v) is 5.83. The highest BCUT2D eigenvalue weighted by atomic mass is 32.2. The van der Waals surface area contributed by atoms with Gasteiger partial charge in [-0.1, -0.05) is 0 Å². The van der Waals surface area contributed by atoms with Gasteiger partial charge in [-0.3, -0.25) is 0 Å². The van der Waals surface area contributed by atoms with Crippen LogP contribution >= 0.6 is 0 Å². The van der Waals surface area contributed by atoms with Gasteiger partial charge in [0.05, 0.1) is 11.0 Å². The lowest BCUT2D eigenvalue weighted by molar-refractivity contribution is 0.566. The highest BCUT2D eigenvalue weighted by Gasteiger charge is 2.11. The molecule has 2 nitrogen and oxygen atoms in total. The molecule has 1 N–H and O–H groups in total. The predicted molar refractivity (Wildman–Crippen MR) is 34.8 cm³/mol. The van der Waals surface area contributed by atoms with E-state index in [1.54, 1.807) is 0 Å². The molecule has 0 aromatic rings. The van der Waals surface area contributed by atoms with E-state index in [0.717, 1.165) is 12.2 Å². The Balaban J connectivity index is 2.34. The lowest BCUT2D eigenvalue weighted by Gasteiger charge is -2.17. The highest BCUT2D eigenvalue weighted by molar-refractivity contribution is 7.83. The molecule has 0 aromatic carbocycles. The topological polar surface area (TPSA) is 29.1 Å². The van der Waals surface area contributed by atoms with E-state index >= 15 is 0 Å². The molecule has 1 saturated heterocycles. The van der Waals surface area contributed by atoms with E-state index in [-0.39, 0.29) is 0 Å². The fraction of sp³-hybridized carbons (Fsp3) is 1.00. The standard InChI is InChI=1S/C5H11NOS/c1-5-3-2-4-8(7)6-5/h5-6H,2-4H2,1H3. The Labute approximate surface area is 52.3 Å². The average Bonchev–Trinajstić information content (AvgIpc) is 1.64. The lowest BCUT2D eigenvalue weighted by Crippen LogP contribution is -2.34. The molecule has 1 heterocycles. The minimum Gasteiger partial charge on any atom is -0.243 e. The molecule has 0 bridgehead atoms. The highest BCUT2D eigenvalue weighted by Crippen LogP contribution is 2.03. The van der Waals surface area contributed by atoms with Gasteiger partial charge in [0.2, 0.25) is 0 Å². The molecule has 1 fully saturated rings. The van der Waals surface area contributed by atoms with Crippen LogP contribution in [0.15, 0.2) is 0 Å². The smallest absolute Gasteiger partial charge is 0.0917 e. The second-order valence-corrected chi connectivity index (χ2v) is 3.55. The van der Waals surface area contributed by atoms with Gasteiger partial charge in [0.15, 0.2) is 0 Å². The van der Waals surface area contributed by atoms with Crippen molar-refractivity contribution in [3.8, 4) is 0 Å². The summed E-state index contributed by atoms with van der Waals surface area (Å²) in [5.41, 5.74) is 0. The van der Waals surface area contributed by atoms with Gasteiger partial charge in [-0.15, -0.1) is 0 Å². The molecule has 1 rings (SSSR count). The Morgan fingerprint density at radius 1 is 1.75 bits per heavy atom. The molecule has 0 amide bonds. The van der Waals surface area contributed by atoms with Gasteiger partial charge in [-0.05, 0) is 19.8 Å². The van der Waals surface area contributed by atoms with Crippen molar-refractivity contribution in [1.82, 2.24) is 4.72 Å². The summed E-state index contributed by atoms with van der Waals surface area (Å²) in [5, 5.41) is 0. The molecule has 2 unspecified atom stereocenters. The second-order valence-electron chi connectivity index (χ2n) is 2.21. The Kier molecular flexibility index (Phi) is 2.02. The van der Waals surface area contributed by atoms with Gasteiger partial charge in [0.25, 0.3) is 0 Å². The summed E-state index contributed by atoms with van der Waals surface area (Å²) in [4.78, 5) is 0. The van der Waals surface area contributed by atoms with Crippen LogP contribution in [-0.4, -0.2) is 16.0 Å². The van der Waals surface area contributed by atoms with Crippen LogP contribution < -0.4 is 4.72 Å². The van der Waals surface area contributed by atoms with Gasteiger partial charge >= 0.3 is 0 Å². The Morgan fingerprint density at radius 3 is 2.88 bits per heavy atom. The number of hydrogen-bond acceptors (Lipinski definition) is 1. The third kappa shape index (κ3) is 1.56. The molecule has 1 aliphatic heterocycles. The number of hydrogen-bond donors (Lipinski definition) is 1. The molecule has 8 heavy (non-hydrogen) atoms. The van der Waals surface area contributed by atoms with Crippen LogP contribution in [0.4, 0.5) is 0 Å². The Morgan fingerprint density at radius 2 is 2.50 bits per heavy atom.